The standard InChI is InChI=1S/C51H77N5O12/c1-31-17-13-11-10-12-14-18-32(2)45(58)47(66-9)46(59)35(5)25-33(3)41(57)29-43(34(4)26-37-21-23-39(44(27-37)65-8)56-30-52-53-54-56)67-50(62)40-19-15-16-24-55(40)49(61)48(60)51(63)36(6)20-22-38(68-51)28-42(31)64-7/h10-13,17,25,30,32-34,36-40,42-44,46-47,59,63H,14-16,18-24,26-29H2,1-9H3/b12-10+,13-11+,31-17+,35-25+/t32-,33?,34?,36-,37+,38?,39+,40+,42?,43?,44-,46-,47?,51-/m1/s1. The van der Waals surface area contributed by atoms with Gasteiger partial charge in [0.25, 0.3) is 11.7 Å². The number of rotatable bonds is 7. The summed E-state index contributed by atoms with van der Waals surface area (Å²) < 4.78 is 31.5. The maximum atomic E-state index is 14.5. The van der Waals surface area contributed by atoms with Crippen molar-refractivity contribution >= 4 is 29.2 Å². The number of aromatic nitrogens is 4. The van der Waals surface area contributed by atoms with Gasteiger partial charge in [0.15, 0.2) is 5.78 Å². The second kappa shape index (κ2) is 25.6. The molecule has 5 rings (SSSR count). The fourth-order valence-electron chi connectivity index (χ4n) is 10.4. The Bertz CT molecular complexity index is 1990. The van der Waals surface area contributed by atoms with E-state index in [9.17, 15) is 34.2 Å². The molecule has 3 fully saturated rings. The molecule has 0 aromatic carbocycles. The molecule has 14 atom stereocenters. The minimum Gasteiger partial charge on any atom is -0.460 e. The van der Waals surface area contributed by atoms with Crippen LogP contribution < -0.4 is 0 Å². The number of carbonyl (C=O) groups excluding carboxylic acids is 5. The average molecular weight is 952 g/mol. The first-order chi connectivity index (χ1) is 32.4. The zero-order valence-electron chi connectivity index (χ0n) is 41.7. The smallest absolute Gasteiger partial charge is 0.329 e. The third-order valence-corrected chi connectivity index (χ3v) is 14.9. The lowest BCUT2D eigenvalue weighted by molar-refractivity contribution is -0.265. The Morgan fingerprint density at radius 2 is 1.66 bits per heavy atom. The number of ether oxygens (including phenoxy) is 5. The van der Waals surface area contributed by atoms with Crippen LogP contribution in [0, 0.1) is 29.6 Å². The van der Waals surface area contributed by atoms with Crippen LogP contribution in [-0.2, 0) is 47.7 Å². The summed E-state index contributed by atoms with van der Waals surface area (Å²) in [5, 5.41) is 35.1. The summed E-state index contributed by atoms with van der Waals surface area (Å²) in [4.78, 5) is 72.1. The molecular weight excluding hydrogens is 875 g/mol. The maximum absolute atomic E-state index is 14.5. The van der Waals surface area contributed by atoms with Gasteiger partial charge in [0.1, 0.15) is 36.5 Å². The van der Waals surface area contributed by atoms with E-state index in [1.54, 1.807) is 52.1 Å². The fourth-order valence-corrected chi connectivity index (χ4v) is 10.4. The quantitative estimate of drug-likeness (QED) is 0.188. The van der Waals surface area contributed by atoms with E-state index < -0.39 is 77.8 Å². The molecule has 17 nitrogen and oxygen atoms in total. The number of ketones is 3. The lowest BCUT2D eigenvalue weighted by Gasteiger charge is -2.42. The Morgan fingerprint density at radius 3 is 2.35 bits per heavy atom. The van der Waals surface area contributed by atoms with Gasteiger partial charge in [-0.1, -0.05) is 64.2 Å². The number of nitrogens with zero attached hydrogens (tertiary/aromatic N) is 5. The number of aliphatic hydroxyl groups excluding tert-OH is 1. The molecule has 378 valence electrons. The van der Waals surface area contributed by atoms with Crippen LogP contribution >= 0.6 is 0 Å². The van der Waals surface area contributed by atoms with Gasteiger partial charge in [-0.3, -0.25) is 19.2 Å². The van der Waals surface area contributed by atoms with Crippen LogP contribution in [0.2, 0.25) is 0 Å². The largest absolute Gasteiger partial charge is 0.460 e. The van der Waals surface area contributed by atoms with E-state index in [4.69, 9.17) is 23.7 Å². The molecule has 1 aliphatic carbocycles. The molecule has 4 heterocycles. The minimum atomic E-state index is -2.43. The Kier molecular flexibility index (Phi) is 20.5. The lowest BCUT2D eigenvalue weighted by atomic mass is 9.77. The van der Waals surface area contributed by atoms with Gasteiger partial charge >= 0.3 is 5.97 Å². The van der Waals surface area contributed by atoms with Crippen molar-refractivity contribution in [1.82, 2.24) is 25.1 Å². The Hall–Kier alpha value is -4.26. The van der Waals surface area contributed by atoms with E-state index in [-0.39, 0.29) is 54.9 Å². The Labute approximate surface area is 402 Å². The number of allylic oxidation sites excluding steroid dienone is 6. The molecule has 3 aliphatic heterocycles. The van der Waals surface area contributed by atoms with Crippen LogP contribution in [0.4, 0.5) is 0 Å². The van der Waals surface area contributed by atoms with Gasteiger partial charge in [-0.05, 0) is 118 Å². The number of fused-ring (bicyclic) bond motifs is 3. The van der Waals surface area contributed by atoms with Crippen molar-refractivity contribution < 1.29 is 57.9 Å². The first kappa shape index (κ1) is 54.7. The highest BCUT2D eigenvalue weighted by Crippen LogP contribution is 2.39. The summed E-state index contributed by atoms with van der Waals surface area (Å²) in [5.74, 6) is -7.89. The minimum absolute atomic E-state index is 0.0504. The first-order valence-electron chi connectivity index (χ1n) is 24.6. The van der Waals surface area contributed by atoms with Gasteiger partial charge in [0.05, 0.1) is 24.4 Å². The molecule has 6 unspecified atom stereocenters. The molecule has 1 aromatic heterocycles. The van der Waals surface area contributed by atoms with E-state index in [1.165, 1.54) is 12.0 Å². The number of cyclic esters (lactones) is 1. The number of tetrazole rings is 1. The molecule has 2 bridgehead atoms. The lowest BCUT2D eigenvalue weighted by Crippen LogP contribution is -2.61. The number of esters is 1. The average Bonchev–Trinajstić information content (AvgIpc) is 3.88. The van der Waals surface area contributed by atoms with Crippen LogP contribution in [0.1, 0.15) is 131 Å². The zero-order chi connectivity index (χ0) is 49.7. The number of hydrogen-bond acceptors (Lipinski definition) is 15. The van der Waals surface area contributed by atoms with Crippen molar-refractivity contribution in [3.05, 3.63) is 53.9 Å². The molecule has 2 N–H and O–H groups in total. The van der Waals surface area contributed by atoms with E-state index in [0.717, 1.165) is 18.4 Å². The van der Waals surface area contributed by atoms with Crippen molar-refractivity contribution in [2.75, 3.05) is 27.9 Å². The summed E-state index contributed by atoms with van der Waals surface area (Å²) >= 11 is 0. The number of Topliss-reactive ketones (excluding diaryl/α,β-unsaturated/α-hetero) is 3. The van der Waals surface area contributed by atoms with Gasteiger partial charge in [0.2, 0.25) is 5.79 Å². The summed E-state index contributed by atoms with van der Waals surface area (Å²) in [6.45, 7) is 10.8. The summed E-state index contributed by atoms with van der Waals surface area (Å²) in [5.41, 5.74) is 1.27. The number of aliphatic hydroxyl groups is 2. The predicted octanol–water partition coefficient (Wildman–Crippen LogP) is 5.80. The molecule has 4 aliphatic rings. The van der Waals surface area contributed by atoms with Crippen LogP contribution in [0.3, 0.4) is 0 Å². The second-order valence-electron chi connectivity index (χ2n) is 19.8. The highest BCUT2D eigenvalue weighted by Gasteiger charge is 2.53. The van der Waals surface area contributed by atoms with Crippen LogP contribution in [0.25, 0.3) is 0 Å². The van der Waals surface area contributed by atoms with Crippen LogP contribution in [0.15, 0.2) is 53.9 Å². The molecule has 68 heavy (non-hydrogen) atoms. The SMILES string of the molecule is COC1CC2CC[C@@H](C)[C@@](O)(O2)C(=O)C(=O)N2CCCC[C@H]2C(=O)OC(C(C)C[C@@H]2CC[C@H](n3cnnn3)[C@H](OC)C2)CC(=O)C(C)/C=C(\C)[C@@H](O)C(OC)C(=O)[C@H](C)CC/C=C/C=C/C=C/1C. The van der Waals surface area contributed by atoms with Crippen molar-refractivity contribution in [2.24, 2.45) is 29.6 Å². The monoisotopic (exact) mass is 952 g/mol. The van der Waals surface area contributed by atoms with Crippen LogP contribution in [0.5, 0.6) is 0 Å². The molecular formula is C51H77N5O12. The summed E-state index contributed by atoms with van der Waals surface area (Å²) in [6.07, 6.45) is 14.5. The fraction of sp³-hybridized carbons (Fsp3) is 0.725. The number of amides is 1. The number of piperidine rings is 1. The van der Waals surface area contributed by atoms with Gasteiger partial charge < -0.3 is 38.8 Å². The van der Waals surface area contributed by atoms with E-state index in [0.29, 0.717) is 63.4 Å². The van der Waals surface area contributed by atoms with E-state index >= 15 is 0 Å². The maximum Gasteiger partial charge on any atom is 0.329 e. The third kappa shape index (κ3) is 13.7. The van der Waals surface area contributed by atoms with Crippen molar-refractivity contribution in [3.8, 4) is 0 Å². The van der Waals surface area contributed by atoms with E-state index in [2.05, 4.69) is 15.5 Å². The Balaban J connectivity index is 1.45. The number of hydrogen-bond donors (Lipinski definition) is 2. The normalized spacial score (nSPS) is 38.0. The molecule has 1 saturated carbocycles. The second-order valence-corrected chi connectivity index (χ2v) is 19.8. The van der Waals surface area contributed by atoms with Crippen molar-refractivity contribution in [2.45, 2.75) is 180 Å². The van der Waals surface area contributed by atoms with Gasteiger partial charge in [-0.2, -0.15) is 0 Å². The topological polar surface area (TPSA) is 219 Å². The van der Waals surface area contributed by atoms with Gasteiger partial charge in [0, 0.05) is 58.5 Å². The zero-order valence-corrected chi connectivity index (χ0v) is 41.7. The number of carbonyl (C=O) groups is 5. The van der Waals surface area contributed by atoms with Crippen LogP contribution in [-0.4, -0.2) is 141 Å². The van der Waals surface area contributed by atoms with Crippen molar-refractivity contribution in [1.29, 1.82) is 0 Å². The molecule has 0 radical (unpaired) electrons. The molecule has 1 amide bonds. The number of methoxy groups -OCH3 is 3. The summed E-state index contributed by atoms with van der Waals surface area (Å²) in [6, 6.07) is -1.19. The molecule has 2 saturated heterocycles. The third-order valence-electron chi connectivity index (χ3n) is 14.9. The van der Waals surface area contributed by atoms with Crippen molar-refractivity contribution in [3.63, 3.8) is 0 Å². The van der Waals surface area contributed by atoms with Gasteiger partial charge in [-0.25, -0.2) is 9.48 Å². The molecule has 1 aromatic rings. The molecule has 17 heteroatoms. The first-order valence-corrected chi connectivity index (χ1v) is 24.6. The Morgan fingerprint density at radius 1 is 0.897 bits per heavy atom. The molecule has 0 spiro atoms. The van der Waals surface area contributed by atoms with E-state index in [1.807, 2.05) is 51.2 Å². The predicted molar refractivity (Wildman–Crippen MR) is 251 cm³/mol. The van der Waals surface area contributed by atoms with Gasteiger partial charge in [-0.15, -0.1) is 5.10 Å². The summed E-state index contributed by atoms with van der Waals surface area (Å²) in [7, 11) is 4.61. The highest BCUT2D eigenvalue weighted by atomic mass is 16.6. The highest BCUT2D eigenvalue weighted by molar-refractivity contribution is 6.39.